The number of hydrogen-bond donors (Lipinski definition) is 1. The van der Waals surface area contributed by atoms with Crippen LogP contribution in [0.15, 0.2) is 47.4 Å². The van der Waals surface area contributed by atoms with E-state index >= 15 is 0 Å². The number of hydrogen-bond acceptors (Lipinski definition) is 4. The predicted octanol–water partition coefficient (Wildman–Crippen LogP) is 3.70. The van der Waals surface area contributed by atoms with E-state index in [1.165, 1.54) is 18.2 Å². The smallest absolute Gasteiger partial charge is 0.269 e. The molecular formula is C21H21ClN2O4S. The monoisotopic (exact) mass is 432 g/mol. The molecule has 1 aliphatic heterocycles. The Bertz CT molecular complexity index is 1110. The van der Waals surface area contributed by atoms with Crippen LogP contribution >= 0.6 is 11.6 Å². The molecule has 4 rings (SSSR count). The Morgan fingerprint density at radius 1 is 1.14 bits per heavy atom. The summed E-state index contributed by atoms with van der Waals surface area (Å²) in [5.74, 6) is -0.924. The minimum Gasteiger partial charge on any atom is -0.343 e. The van der Waals surface area contributed by atoms with Gasteiger partial charge in [0.05, 0.1) is 11.1 Å². The third-order valence-electron chi connectivity index (χ3n) is 5.64. The van der Waals surface area contributed by atoms with E-state index in [1.807, 2.05) is 12.1 Å². The molecule has 0 saturated heterocycles. The summed E-state index contributed by atoms with van der Waals surface area (Å²) in [6.07, 6.45) is 2.58. The van der Waals surface area contributed by atoms with Crippen molar-refractivity contribution in [1.29, 1.82) is 0 Å². The van der Waals surface area contributed by atoms with Gasteiger partial charge in [-0.1, -0.05) is 23.7 Å². The van der Waals surface area contributed by atoms with Crippen molar-refractivity contribution in [2.24, 2.45) is 0 Å². The van der Waals surface area contributed by atoms with Gasteiger partial charge in [-0.25, -0.2) is 12.7 Å². The van der Waals surface area contributed by atoms with Crippen LogP contribution in [0.1, 0.15) is 59.4 Å². The largest absolute Gasteiger partial charge is 0.343 e. The van der Waals surface area contributed by atoms with Crippen LogP contribution in [0.3, 0.4) is 0 Å². The standard InChI is InChI=1S/C21H21ClN2O4S/c1-13(2)24-20(26)17-9-4-14(12-18(17)29(24,27)28)19(25)23-21(10-3-11-21)15-5-7-16(22)8-6-15/h4-9,12-13H,3,10-11H2,1-2H3,(H,23,25). The molecule has 1 aliphatic carbocycles. The second-order valence-electron chi connectivity index (χ2n) is 7.81. The lowest BCUT2D eigenvalue weighted by Gasteiger charge is -2.43. The summed E-state index contributed by atoms with van der Waals surface area (Å²) in [6, 6.07) is 11.1. The van der Waals surface area contributed by atoms with Gasteiger partial charge in [-0.05, 0) is 69.0 Å². The molecule has 8 heteroatoms. The molecule has 1 N–H and O–H groups in total. The first-order valence-corrected chi connectivity index (χ1v) is 11.3. The summed E-state index contributed by atoms with van der Waals surface area (Å²) < 4.78 is 26.4. The molecular weight excluding hydrogens is 412 g/mol. The summed E-state index contributed by atoms with van der Waals surface area (Å²) in [4.78, 5) is 25.3. The lowest BCUT2D eigenvalue weighted by molar-refractivity contribution is 0.0818. The second kappa shape index (κ2) is 6.85. The summed E-state index contributed by atoms with van der Waals surface area (Å²) in [5, 5.41) is 3.69. The van der Waals surface area contributed by atoms with Crippen molar-refractivity contribution < 1.29 is 18.0 Å². The highest BCUT2D eigenvalue weighted by Crippen LogP contribution is 2.42. The molecule has 0 radical (unpaired) electrons. The van der Waals surface area contributed by atoms with Gasteiger partial charge in [0.15, 0.2) is 0 Å². The van der Waals surface area contributed by atoms with Crippen LogP contribution in [0, 0.1) is 0 Å². The Kier molecular flexibility index (Phi) is 4.70. The molecule has 1 saturated carbocycles. The molecule has 0 aromatic heterocycles. The number of halogens is 1. The topological polar surface area (TPSA) is 83.6 Å². The molecule has 1 fully saturated rings. The van der Waals surface area contributed by atoms with Crippen molar-refractivity contribution in [2.75, 3.05) is 0 Å². The van der Waals surface area contributed by atoms with E-state index in [1.54, 1.807) is 26.0 Å². The highest BCUT2D eigenvalue weighted by atomic mass is 35.5. The molecule has 29 heavy (non-hydrogen) atoms. The Hall–Kier alpha value is -2.38. The number of carbonyl (C=O) groups is 2. The molecule has 152 valence electrons. The summed E-state index contributed by atoms with van der Waals surface area (Å²) in [6.45, 7) is 3.28. The van der Waals surface area contributed by atoms with Gasteiger partial charge in [0.25, 0.3) is 21.8 Å². The van der Waals surface area contributed by atoms with Crippen LogP contribution in [0.25, 0.3) is 0 Å². The van der Waals surface area contributed by atoms with Gasteiger partial charge in [0.1, 0.15) is 4.90 Å². The zero-order valence-corrected chi connectivity index (χ0v) is 17.7. The number of nitrogens with zero attached hydrogens (tertiary/aromatic N) is 1. The number of sulfonamides is 1. The lowest BCUT2D eigenvalue weighted by Crippen LogP contribution is -2.50. The second-order valence-corrected chi connectivity index (χ2v) is 10.0. The highest BCUT2D eigenvalue weighted by molar-refractivity contribution is 7.90. The predicted molar refractivity (Wildman–Crippen MR) is 109 cm³/mol. The highest BCUT2D eigenvalue weighted by Gasteiger charge is 2.44. The van der Waals surface area contributed by atoms with Crippen molar-refractivity contribution in [2.45, 2.75) is 49.6 Å². The van der Waals surface area contributed by atoms with Gasteiger partial charge >= 0.3 is 0 Å². The molecule has 0 unspecified atom stereocenters. The van der Waals surface area contributed by atoms with E-state index in [2.05, 4.69) is 5.32 Å². The first-order chi connectivity index (χ1) is 13.7. The number of rotatable bonds is 4. The van der Waals surface area contributed by atoms with E-state index < -0.39 is 27.5 Å². The van der Waals surface area contributed by atoms with Crippen LogP contribution < -0.4 is 5.32 Å². The van der Waals surface area contributed by atoms with Gasteiger partial charge in [0.2, 0.25) is 0 Å². The molecule has 6 nitrogen and oxygen atoms in total. The van der Waals surface area contributed by atoms with Crippen molar-refractivity contribution in [3.63, 3.8) is 0 Å². The number of fused-ring (bicyclic) bond motifs is 1. The van der Waals surface area contributed by atoms with Gasteiger partial charge < -0.3 is 5.32 Å². The molecule has 0 bridgehead atoms. The molecule has 0 spiro atoms. The zero-order valence-electron chi connectivity index (χ0n) is 16.1. The first kappa shape index (κ1) is 19.9. The van der Waals surface area contributed by atoms with Crippen molar-refractivity contribution >= 4 is 33.4 Å². The molecule has 1 heterocycles. The SMILES string of the molecule is CC(C)N1C(=O)c2ccc(C(=O)NC3(c4ccc(Cl)cc4)CCC3)cc2S1(=O)=O. The summed E-state index contributed by atoms with van der Waals surface area (Å²) >= 11 is 5.98. The minimum absolute atomic E-state index is 0.103. The van der Waals surface area contributed by atoms with Gasteiger partial charge in [-0.15, -0.1) is 0 Å². The maximum absolute atomic E-state index is 13.0. The first-order valence-electron chi connectivity index (χ1n) is 9.47. The Labute approximate surface area is 174 Å². The van der Waals surface area contributed by atoms with Crippen molar-refractivity contribution in [1.82, 2.24) is 9.62 Å². The van der Waals surface area contributed by atoms with Gasteiger partial charge in [-0.2, -0.15) is 0 Å². The maximum atomic E-state index is 13.0. The molecule has 2 aliphatic rings. The average Bonchev–Trinajstić information content (AvgIpc) is 2.84. The average molecular weight is 433 g/mol. The molecule has 2 aromatic rings. The number of amides is 2. The van der Waals surface area contributed by atoms with Crippen LogP contribution in [-0.2, 0) is 15.6 Å². The van der Waals surface area contributed by atoms with E-state index in [4.69, 9.17) is 11.6 Å². The fourth-order valence-corrected chi connectivity index (χ4v) is 5.89. The van der Waals surface area contributed by atoms with E-state index in [-0.39, 0.29) is 21.9 Å². The van der Waals surface area contributed by atoms with Crippen molar-refractivity contribution in [3.8, 4) is 0 Å². The van der Waals surface area contributed by atoms with E-state index in [9.17, 15) is 18.0 Å². The summed E-state index contributed by atoms with van der Waals surface area (Å²) in [7, 11) is -3.95. The Balaban J connectivity index is 1.66. The molecule has 2 aromatic carbocycles. The third-order valence-corrected chi connectivity index (χ3v) is 7.89. The number of benzene rings is 2. The van der Waals surface area contributed by atoms with Crippen LogP contribution in [0.2, 0.25) is 5.02 Å². The zero-order chi connectivity index (χ0) is 21.0. The molecule has 2 amide bonds. The third kappa shape index (κ3) is 3.13. The Morgan fingerprint density at radius 3 is 2.34 bits per heavy atom. The normalized spacial score (nSPS) is 19.0. The molecule has 0 atom stereocenters. The van der Waals surface area contributed by atoms with Crippen LogP contribution in [0.5, 0.6) is 0 Å². The van der Waals surface area contributed by atoms with E-state index in [0.717, 1.165) is 29.1 Å². The van der Waals surface area contributed by atoms with Crippen LogP contribution in [-0.4, -0.2) is 30.6 Å². The van der Waals surface area contributed by atoms with Gasteiger partial charge in [0, 0.05) is 16.6 Å². The minimum atomic E-state index is -3.95. The van der Waals surface area contributed by atoms with Crippen molar-refractivity contribution in [3.05, 3.63) is 64.2 Å². The Morgan fingerprint density at radius 2 is 1.79 bits per heavy atom. The number of carbonyl (C=O) groups excluding carboxylic acids is 2. The quantitative estimate of drug-likeness (QED) is 0.798. The van der Waals surface area contributed by atoms with E-state index in [0.29, 0.717) is 5.02 Å². The maximum Gasteiger partial charge on any atom is 0.269 e. The fraction of sp³-hybridized carbons (Fsp3) is 0.333. The number of nitrogens with one attached hydrogen (secondary N) is 1. The lowest BCUT2D eigenvalue weighted by atomic mass is 9.71. The fourth-order valence-electron chi connectivity index (χ4n) is 3.97. The van der Waals surface area contributed by atoms with Crippen LogP contribution in [0.4, 0.5) is 0 Å². The summed E-state index contributed by atoms with van der Waals surface area (Å²) in [5.41, 5.74) is 0.799. The van der Waals surface area contributed by atoms with Gasteiger partial charge in [-0.3, -0.25) is 9.59 Å².